The van der Waals surface area contributed by atoms with Crippen molar-refractivity contribution in [2.45, 2.75) is 18.0 Å². The summed E-state index contributed by atoms with van der Waals surface area (Å²) in [5.74, 6) is -2.32. The molecule has 14 heteroatoms. The van der Waals surface area contributed by atoms with E-state index in [1.807, 2.05) is 45.9 Å². The average Bonchev–Trinajstić information content (AvgIpc) is 3.45. The highest BCUT2D eigenvalue weighted by Gasteiger charge is 2.53. The van der Waals surface area contributed by atoms with Crippen LogP contribution in [0.25, 0.3) is 5.52 Å². The van der Waals surface area contributed by atoms with Gasteiger partial charge in [-0.25, -0.2) is 14.0 Å². The molecule has 5 rings (SSSR count). The first-order valence-electron chi connectivity index (χ1n) is 10.3. The number of thiazole rings is 1. The Kier molecular flexibility index (Phi) is 5.90. The first-order valence-corrected chi connectivity index (χ1v) is 12.3. The maximum Gasteiger partial charge on any atom is 0.276 e. The molecule has 1 fully saturated rings. The second-order valence-corrected chi connectivity index (χ2v) is 9.74. The van der Waals surface area contributed by atoms with Gasteiger partial charge in [0, 0.05) is 16.7 Å². The van der Waals surface area contributed by atoms with Crippen molar-refractivity contribution in [3.63, 3.8) is 0 Å². The van der Waals surface area contributed by atoms with Crippen molar-refractivity contribution >= 4 is 57.2 Å². The quantitative estimate of drug-likeness (QED) is 0.171. The predicted molar refractivity (Wildman–Crippen MR) is 125 cm³/mol. The zero-order chi connectivity index (χ0) is 24.7. The van der Waals surface area contributed by atoms with Crippen molar-refractivity contribution < 1.29 is 28.9 Å². The van der Waals surface area contributed by atoms with Crippen LogP contribution in [-0.4, -0.2) is 62.1 Å². The van der Waals surface area contributed by atoms with Crippen LogP contribution in [-0.2, 0) is 25.8 Å². The van der Waals surface area contributed by atoms with Gasteiger partial charge in [-0.15, -0.1) is 23.1 Å². The molecule has 180 valence electrons. The number of carbonyl (C=O) groups is 3. The van der Waals surface area contributed by atoms with Gasteiger partial charge in [-0.3, -0.25) is 14.5 Å². The lowest BCUT2D eigenvalue weighted by Gasteiger charge is -2.50. The highest BCUT2D eigenvalue weighted by atomic mass is 32.2. The molecule has 0 saturated carbocycles. The minimum absolute atomic E-state index is 0.138. The van der Waals surface area contributed by atoms with Crippen LogP contribution in [0.1, 0.15) is 5.69 Å². The van der Waals surface area contributed by atoms with E-state index in [-0.39, 0.29) is 28.8 Å². The molecular weight excluding hydrogens is 494 g/mol. The lowest BCUT2D eigenvalue weighted by molar-refractivity contribution is -0.687. The zero-order valence-corrected chi connectivity index (χ0v) is 19.9. The molecule has 0 aliphatic carbocycles. The molecule has 2 aliphatic rings. The van der Waals surface area contributed by atoms with Crippen molar-refractivity contribution in [1.29, 1.82) is 0 Å². The number of nitrogen functional groups attached to an aromatic ring is 1. The van der Waals surface area contributed by atoms with Crippen LogP contribution in [0.3, 0.4) is 0 Å². The van der Waals surface area contributed by atoms with E-state index in [9.17, 15) is 19.5 Å². The third kappa shape index (κ3) is 4.10. The maximum atomic E-state index is 13.0. The molecule has 2 amide bonds. The number of carboxylic acids is 1. The molecule has 12 nitrogen and oxygen atoms in total. The Bertz CT molecular complexity index is 1380. The SMILES string of the molecule is CO/N=C(\C(=O)NC1C(=O)N2C(C(=O)[O-])=C(C[n+]3cc4ccccn4c3)CS[C@H]12)c1csc(N)n1. The van der Waals surface area contributed by atoms with Gasteiger partial charge in [0.05, 0.1) is 17.9 Å². The number of β-lactam (4-membered cyclic amide) rings is 1. The number of nitrogens with two attached hydrogens (primary N) is 1. The fourth-order valence-corrected chi connectivity index (χ4v) is 5.93. The number of imidazole rings is 1. The normalized spacial score (nSPS) is 20.0. The van der Waals surface area contributed by atoms with Crippen LogP contribution >= 0.6 is 23.1 Å². The Morgan fingerprint density at radius 1 is 1.43 bits per heavy atom. The van der Waals surface area contributed by atoms with E-state index in [1.54, 1.807) is 5.38 Å². The lowest BCUT2D eigenvalue weighted by Crippen LogP contribution is -2.71. The first-order chi connectivity index (χ1) is 16.9. The van der Waals surface area contributed by atoms with Crippen LogP contribution in [0.15, 0.2) is 58.7 Å². The van der Waals surface area contributed by atoms with Crippen LogP contribution in [0, 0.1) is 0 Å². The molecule has 1 saturated heterocycles. The van der Waals surface area contributed by atoms with Gasteiger partial charge in [-0.05, 0) is 12.1 Å². The summed E-state index contributed by atoms with van der Waals surface area (Å²) in [6.45, 7) is 0.279. The van der Waals surface area contributed by atoms with Crippen molar-refractivity contribution in [1.82, 2.24) is 19.6 Å². The van der Waals surface area contributed by atoms with Gasteiger partial charge in [0.2, 0.25) is 6.33 Å². The molecule has 2 aliphatic heterocycles. The summed E-state index contributed by atoms with van der Waals surface area (Å²) in [5, 5.41) is 19.6. The minimum Gasteiger partial charge on any atom is -0.543 e. The first kappa shape index (κ1) is 22.9. The Balaban J connectivity index is 1.36. The number of aromatic nitrogens is 3. The number of thioether (sulfide) groups is 1. The van der Waals surface area contributed by atoms with Crippen molar-refractivity contribution in [2.75, 3.05) is 18.6 Å². The van der Waals surface area contributed by atoms with Crippen molar-refractivity contribution in [3.05, 3.63) is 59.3 Å². The third-order valence-electron chi connectivity index (χ3n) is 5.56. The Morgan fingerprint density at radius 2 is 2.26 bits per heavy atom. The molecule has 2 atom stereocenters. The van der Waals surface area contributed by atoms with Crippen LogP contribution < -0.4 is 20.7 Å². The summed E-state index contributed by atoms with van der Waals surface area (Å²) in [7, 11) is 1.28. The van der Waals surface area contributed by atoms with Crippen LogP contribution in [0.4, 0.5) is 5.13 Å². The van der Waals surface area contributed by atoms with E-state index in [0.29, 0.717) is 11.3 Å². The molecule has 35 heavy (non-hydrogen) atoms. The second-order valence-electron chi connectivity index (χ2n) is 7.74. The highest BCUT2D eigenvalue weighted by Crippen LogP contribution is 2.40. The summed E-state index contributed by atoms with van der Waals surface area (Å²) in [6, 6.07) is 4.80. The summed E-state index contributed by atoms with van der Waals surface area (Å²) >= 11 is 2.49. The topological polar surface area (TPSA) is 158 Å². The standard InChI is InChI=1S/C21H19N7O5S2/c1-33-25-14(13-9-35-21(22)23-13)17(29)24-15-18(30)28-16(20(31)32)11(8-34-19(15)28)6-26-7-12-4-2-3-5-27(12)10-26/h2-5,7,9-10,15,19H,6,8H2,1H3,(H3-,22,23,24,29,31,32)/b25-14-/t15?,19-/m1/s1. The molecule has 3 aromatic heterocycles. The van der Waals surface area contributed by atoms with E-state index in [2.05, 4.69) is 15.5 Å². The number of amides is 2. The zero-order valence-electron chi connectivity index (χ0n) is 18.3. The molecule has 3 N–H and O–H groups in total. The summed E-state index contributed by atoms with van der Waals surface area (Å²) in [4.78, 5) is 47.8. The number of rotatable bonds is 7. The highest BCUT2D eigenvalue weighted by molar-refractivity contribution is 8.00. The molecule has 0 spiro atoms. The van der Waals surface area contributed by atoms with Gasteiger partial charge < -0.3 is 25.8 Å². The van der Waals surface area contributed by atoms with Crippen LogP contribution in [0.5, 0.6) is 0 Å². The van der Waals surface area contributed by atoms with Crippen LogP contribution in [0.2, 0.25) is 0 Å². The number of carbonyl (C=O) groups excluding carboxylic acids is 3. The van der Waals surface area contributed by atoms with E-state index in [0.717, 1.165) is 16.9 Å². The van der Waals surface area contributed by atoms with Crippen molar-refractivity contribution in [2.24, 2.45) is 5.16 Å². The third-order valence-corrected chi connectivity index (χ3v) is 7.57. The number of carboxylic acid groups (broad SMARTS) is 1. The van der Waals surface area contributed by atoms with Gasteiger partial charge in [0.25, 0.3) is 11.8 Å². The van der Waals surface area contributed by atoms with Gasteiger partial charge >= 0.3 is 0 Å². The number of hydrogen-bond donors (Lipinski definition) is 2. The molecule has 0 bridgehead atoms. The molecular formula is C21H19N7O5S2. The monoisotopic (exact) mass is 513 g/mol. The second kappa shape index (κ2) is 9.03. The number of aliphatic carboxylic acids is 1. The smallest absolute Gasteiger partial charge is 0.276 e. The predicted octanol–water partition coefficient (Wildman–Crippen LogP) is -1.28. The van der Waals surface area contributed by atoms with Gasteiger partial charge in [-0.2, -0.15) is 0 Å². The number of hydrogen-bond acceptors (Lipinski definition) is 10. The fraction of sp³-hybridized carbons (Fsp3) is 0.238. The molecule has 1 unspecified atom stereocenters. The largest absolute Gasteiger partial charge is 0.543 e. The number of nitrogens with zero attached hydrogens (tertiary/aromatic N) is 5. The maximum absolute atomic E-state index is 13.0. The molecule has 5 heterocycles. The Morgan fingerprint density at radius 3 is 2.94 bits per heavy atom. The van der Waals surface area contributed by atoms with E-state index >= 15 is 0 Å². The van der Waals surface area contributed by atoms with Gasteiger partial charge in [0.1, 0.15) is 37.0 Å². The summed E-state index contributed by atoms with van der Waals surface area (Å²) in [6.07, 6.45) is 5.62. The van der Waals surface area contributed by atoms with E-state index in [1.165, 1.54) is 23.8 Å². The summed E-state index contributed by atoms with van der Waals surface area (Å²) in [5.41, 5.74) is 7.04. The average molecular weight is 514 g/mol. The molecule has 0 aromatic carbocycles. The van der Waals surface area contributed by atoms with Gasteiger partial charge in [-0.1, -0.05) is 11.2 Å². The van der Waals surface area contributed by atoms with E-state index in [4.69, 9.17) is 10.6 Å². The van der Waals surface area contributed by atoms with Gasteiger partial charge in [0.15, 0.2) is 16.4 Å². The van der Waals surface area contributed by atoms with E-state index < -0.39 is 29.2 Å². The number of oxime groups is 1. The van der Waals surface area contributed by atoms with Crippen molar-refractivity contribution in [3.8, 4) is 0 Å². The minimum atomic E-state index is -1.44. The molecule has 0 radical (unpaired) electrons. The lowest BCUT2D eigenvalue weighted by atomic mass is 10.0. The Labute approximate surface area is 206 Å². The number of anilines is 1. The number of pyridine rings is 1. The fourth-order valence-electron chi connectivity index (χ4n) is 4.05. The Hall–Kier alpha value is -3.91. The molecule has 3 aromatic rings. The number of nitrogens with one attached hydrogen (secondary N) is 1. The summed E-state index contributed by atoms with van der Waals surface area (Å²) < 4.78 is 3.76. The number of fused-ring (bicyclic) bond motifs is 2.